The zero-order valence-electron chi connectivity index (χ0n) is 10.3. The molecule has 3 rings (SSSR count). The minimum Gasteiger partial charge on any atom is -0.464 e. The summed E-state index contributed by atoms with van der Waals surface area (Å²) in [6, 6.07) is 0. The molecule has 2 aliphatic carbocycles. The lowest BCUT2D eigenvalue weighted by Gasteiger charge is -2.22. The van der Waals surface area contributed by atoms with Gasteiger partial charge in [0.25, 0.3) is 20.2 Å². The Morgan fingerprint density at radius 2 is 2.05 bits per heavy atom. The standard InChI is InChI=1S/C10H14O8S2/c11-10(17-1-2-19(12,13)14)8-5-3-6-7(4-5)18-20(15,16)9(6)8/h5-9H,1-4H2,(H,12,13,14). The molecule has 0 radical (unpaired) electrons. The maximum Gasteiger partial charge on any atom is 0.310 e. The lowest BCUT2D eigenvalue weighted by Crippen LogP contribution is -2.38. The Balaban J connectivity index is 1.70. The van der Waals surface area contributed by atoms with Gasteiger partial charge in [-0.1, -0.05) is 0 Å². The molecule has 3 aliphatic rings. The maximum absolute atomic E-state index is 12.0. The number of rotatable bonds is 4. The number of esters is 1. The van der Waals surface area contributed by atoms with E-state index in [9.17, 15) is 21.6 Å². The van der Waals surface area contributed by atoms with Gasteiger partial charge in [-0.25, -0.2) is 0 Å². The van der Waals surface area contributed by atoms with Gasteiger partial charge in [-0.15, -0.1) is 0 Å². The van der Waals surface area contributed by atoms with E-state index in [0.717, 1.165) is 0 Å². The van der Waals surface area contributed by atoms with Gasteiger partial charge in [-0.05, 0) is 18.8 Å². The summed E-state index contributed by atoms with van der Waals surface area (Å²) in [6.45, 7) is -0.484. The zero-order valence-corrected chi connectivity index (χ0v) is 12.0. The molecule has 1 aliphatic heterocycles. The first-order chi connectivity index (χ1) is 9.19. The van der Waals surface area contributed by atoms with Gasteiger partial charge in [0.15, 0.2) is 0 Å². The second-order valence-electron chi connectivity index (χ2n) is 5.47. The molecule has 1 saturated heterocycles. The third-order valence-electron chi connectivity index (χ3n) is 4.32. The molecule has 1 heterocycles. The fourth-order valence-corrected chi connectivity index (χ4v) is 6.05. The Bertz CT molecular complexity index is 634. The second-order valence-corrected chi connectivity index (χ2v) is 8.76. The average molecular weight is 326 g/mol. The van der Waals surface area contributed by atoms with E-state index in [1.165, 1.54) is 0 Å². The van der Waals surface area contributed by atoms with Gasteiger partial charge in [-0.2, -0.15) is 16.8 Å². The summed E-state index contributed by atoms with van der Waals surface area (Å²) < 4.78 is 63.2. The van der Waals surface area contributed by atoms with Crippen LogP contribution in [-0.4, -0.2) is 51.1 Å². The molecule has 0 aromatic heterocycles. The van der Waals surface area contributed by atoms with Gasteiger partial charge in [0.1, 0.15) is 17.6 Å². The predicted molar refractivity (Wildman–Crippen MR) is 64.7 cm³/mol. The molecule has 0 aromatic rings. The number of ether oxygens (including phenoxy) is 1. The Labute approximate surface area is 116 Å². The monoisotopic (exact) mass is 326 g/mol. The Morgan fingerprint density at radius 1 is 1.35 bits per heavy atom. The van der Waals surface area contributed by atoms with E-state index in [4.69, 9.17) is 13.5 Å². The van der Waals surface area contributed by atoms with Crippen LogP contribution in [0.25, 0.3) is 0 Å². The fourth-order valence-electron chi connectivity index (χ4n) is 3.66. The highest BCUT2D eigenvalue weighted by atomic mass is 32.2. The van der Waals surface area contributed by atoms with Crippen LogP contribution < -0.4 is 0 Å². The van der Waals surface area contributed by atoms with Crippen molar-refractivity contribution in [2.24, 2.45) is 17.8 Å². The van der Waals surface area contributed by atoms with E-state index in [1.807, 2.05) is 0 Å². The van der Waals surface area contributed by atoms with Gasteiger partial charge in [-0.3, -0.25) is 13.5 Å². The molecule has 0 aromatic carbocycles. The minimum atomic E-state index is -4.21. The molecule has 2 saturated carbocycles. The van der Waals surface area contributed by atoms with Crippen molar-refractivity contribution < 1.29 is 35.1 Å². The number of hydrogen-bond acceptors (Lipinski definition) is 7. The third-order valence-corrected chi connectivity index (χ3v) is 6.83. The molecule has 10 heteroatoms. The topological polar surface area (TPSA) is 124 Å². The van der Waals surface area contributed by atoms with Crippen LogP contribution in [0.3, 0.4) is 0 Å². The summed E-state index contributed by atoms with van der Waals surface area (Å²) in [6.07, 6.45) is 0.808. The summed E-state index contributed by atoms with van der Waals surface area (Å²) in [5, 5.41) is -0.871. The van der Waals surface area contributed by atoms with Crippen molar-refractivity contribution >= 4 is 26.2 Å². The van der Waals surface area contributed by atoms with E-state index < -0.39 is 49.7 Å². The van der Waals surface area contributed by atoms with Crippen molar-refractivity contribution in [3.05, 3.63) is 0 Å². The lowest BCUT2D eigenvalue weighted by molar-refractivity contribution is -0.149. The van der Waals surface area contributed by atoms with Gasteiger partial charge in [0.05, 0.1) is 12.0 Å². The first-order valence-corrected chi connectivity index (χ1v) is 9.31. The van der Waals surface area contributed by atoms with E-state index in [0.29, 0.717) is 12.8 Å². The lowest BCUT2D eigenvalue weighted by atomic mass is 9.87. The van der Waals surface area contributed by atoms with Gasteiger partial charge in [0.2, 0.25) is 0 Å². The highest BCUT2D eigenvalue weighted by Gasteiger charge is 2.66. The summed E-state index contributed by atoms with van der Waals surface area (Å²) >= 11 is 0. The molecule has 5 atom stereocenters. The Morgan fingerprint density at radius 3 is 2.70 bits per heavy atom. The molecular weight excluding hydrogens is 312 g/mol. The van der Waals surface area contributed by atoms with E-state index in [1.54, 1.807) is 0 Å². The molecule has 114 valence electrons. The molecule has 0 amide bonds. The van der Waals surface area contributed by atoms with Crippen LogP contribution in [0.15, 0.2) is 0 Å². The quantitative estimate of drug-likeness (QED) is 0.403. The van der Waals surface area contributed by atoms with Crippen LogP contribution in [0.1, 0.15) is 12.8 Å². The smallest absolute Gasteiger partial charge is 0.310 e. The van der Waals surface area contributed by atoms with Crippen molar-refractivity contribution in [2.75, 3.05) is 12.4 Å². The normalized spacial score (nSPS) is 41.0. The third kappa shape index (κ3) is 2.24. The summed E-state index contributed by atoms with van der Waals surface area (Å²) in [5.74, 6) is -2.46. The summed E-state index contributed by atoms with van der Waals surface area (Å²) in [5.41, 5.74) is 0. The first-order valence-electron chi connectivity index (χ1n) is 6.23. The van der Waals surface area contributed by atoms with Crippen molar-refractivity contribution in [1.29, 1.82) is 0 Å². The summed E-state index contributed by atoms with van der Waals surface area (Å²) in [7, 11) is -7.95. The van der Waals surface area contributed by atoms with Crippen LogP contribution in [-0.2, 0) is 34.0 Å². The van der Waals surface area contributed by atoms with Gasteiger partial charge < -0.3 is 4.74 Å². The maximum atomic E-state index is 12.0. The molecular formula is C10H14O8S2. The van der Waals surface area contributed by atoms with Gasteiger partial charge >= 0.3 is 5.97 Å². The minimum absolute atomic E-state index is 0.0921. The van der Waals surface area contributed by atoms with E-state index in [-0.39, 0.29) is 17.9 Å². The van der Waals surface area contributed by atoms with Gasteiger partial charge in [0, 0.05) is 5.92 Å². The van der Waals surface area contributed by atoms with Crippen LogP contribution in [0, 0.1) is 17.8 Å². The highest BCUT2D eigenvalue weighted by molar-refractivity contribution is 7.87. The zero-order chi connectivity index (χ0) is 14.7. The number of hydrogen-bond donors (Lipinski definition) is 1. The number of fused-ring (bicyclic) bond motifs is 1. The number of carbonyl (C=O) groups is 1. The molecule has 5 unspecified atom stereocenters. The number of carbonyl (C=O) groups excluding carboxylic acids is 1. The fraction of sp³-hybridized carbons (Fsp3) is 0.900. The van der Waals surface area contributed by atoms with E-state index in [2.05, 4.69) is 0 Å². The van der Waals surface area contributed by atoms with Crippen LogP contribution in [0.2, 0.25) is 0 Å². The Hall–Kier alpha value is -0.710. The molecule has 8 nitrogen and oxygen atoms in total. The second kappa shape index (κ2) is 4.39. The molecule has 0 spiro atoms. The highest BCUT2D eigenvalue weighted by Crippen LogP contribution is 2.57. The van der Waals surface area contributed by atoms with Crippen LogP contribution in [0.5, 0.6) is 0 Å². The molecule has 1 N–H and O–H groups in total. The SMILES string of the molecule is O=C(OCCS(=O)(=O)O)C1C2CC3OS(=O)(=O)C1C3C2. The van der Waals surface area contributed by atoms with Crippen LogP contribution >= 0.6 is 0 Å². The average Bonchev–Trinajstić information content (AvgIpc) is 2.85. The molecule has 20 heavy (non-hydrogen) atoms. The van der Waals surface area contributed by atoms with Crippen molar-refractivity contribution in [1.82, 2.24) is 0 Å². The first kappa shape index (κ1) is 14.2. The van der Waals surface area contributed by atoms with Crippen molar-refractivity contribution in [3.8, 4) is 0 Å². The largest absolute Gasteiger partial charge is 0.464 e. The Kier molecular flexibility index (Phi) is 3.13. The molecule has 3 fully saturated rings. The summed E-state index contributed by atoms with van der Waals surface area (Å²) in [4.78, 5) is 12.0. The predicted octanol–water partition coefficient (Wildman–Crippen LogP) is -0.829. The van der Waals surface area contributed by atoms with E-state index >= 15 is 0 Å². The van der Waals surface area contributed by atoms with Crippen molar-refractivity contribution in [2.45, 2.75) is 24.2 Å². The van der Waals surface area contributed by atoms with Crippen molar-refractivity contribution in [3.63, 3.8) is 0 Å². The van der Waals surface area contributed by atoms with Crippen LogP contribution in [0.4, 0.5) is 0 Å². The molecule has 2 bridgehead atoms.